The van der Waals surface area contributed by atoms with Gasteiger partial charge in [0.2, 0.25) is 0 Å². The Hall–Kier alpha value is -1.57. The molecule has 2 heteroatoms. The molecule has 142 valence electrons. The zero-order valence-corrected chi connectivity index (χ0v) is 16.4. The fourth-order valence-corrected chi connectivity index (χ4v) is 2.27. The Labute approximate surface area is 155 Å². The van der Waals surface area contributed by atoms with Crippen LogP contribution in [0, 0.1) is 0 Å². The number of rotatable bonds is 16. The standard InChI is InChI=1S/C23H38O2/c1-3-5-6-7-8-9-10-11-12-13-14-15-16-17-18-19-20-21-23(24)25-22-4-2/h5-6,8-9,11-12,14-15H,3-4,7,10,13,16-22H2,1-2H3. The number of unbranched alkanes of at least 4 members (excludes halogenated alkanes) is 4. The van der Waals surface area contributed by atoms with Crippen LogP contribution in [0.15, 0.2) is 48.6 Å². The van der Waals surface area contributed by atoms with Gasteiger partial charge in [-0.15, -0.1) is 0 Å². The van der Waals surface area contributed by atoms with Crippen molar-refractivity contribution >= 4 is 5.97 Å². The van der Waals surface area contributed by atoms with Crippen LogP contribution in [0.3, 0.4) is 0 Å². The first-order valence-corrected chi connectivity index (χ1v) is 10.1. The molecule has 0 saturated heterocycles. The smallest absolute Gasteiger partial charge is 0.305 e. The molecule has 0 aromatic rings. The van der Waals surface area contributed by atoms with Gasteiger partial charge in [0.1, 0.15) is 0 Å². The van der Waals surface area contributed by atoms with E-state index in [1.807, 2.05) is 6.92 Å². The summed E-state index contributed by atoms with van der Waals surface area (Å²) in [7, 11) is 0. The number of allylic oxidation sites excluding steroid dienone is 8. The highest BCUT2D eigenvalue weighted by atomic mass is 16.5. The molecule has 0 atom stereocenters. The Bertz CT molecular complexity index is 402. The van der Waals surface area contributed by atoms with Crippen LogP contribution in [0.2, 0.25) is 0 Å². The summed E-state index contributed by atoms with van der Waals surface area (Å²) in [5, 5.41) is 0. The number of esters is 1. The van der Waals surface area contributed by atoms with Crippen molar-refractivity contribution in [2.24, 2.45) is 0 Å². The molecular formula is C23H38O2. The Morgan fingerprint density at radius 1 is 0.720 bits per heavy atom. The van der Waals surface area contributed by atoms with Crippen molar-refractivity contribution < 1.29 is 9.53 Å². The van der Waals surface area contributed by atoms with Crippen LogP contribution in [0.4, 0.5) is 0 Å². The topological polar surface area (TPSA) is 26.3 Å². The van der Waals surface area contributed by atoms with Crippen LogP contribution >= 0.6 is 0 Å². The number of hydrogen-bond acceptors (Lipinski definition) is 2. The van der Waals surface area contributed by atoms with Gasteiger partial charge in [0.15, 0.2) is 0 Å². The van der Waals surface area contributed by atoms with E-state index in [1.165, 1.54) is 12.8 Å². The van der Waals surface area contributed by atoms with Crippen molar-refractivity contribution in [1.82, 2.24) is 0 Å². The maximum absolute atomic E-state index is 11.3. The molecule has 0 aliphatic heterocycles. The molecule has 0 aliphatic rings. The summed E-state index contributed by atoms with van der Waals surface area (Å²) in [5.74, 6) is -0.0409. The molecule has 0 radical (unpaired) electrons. The predicted molar refractivity (Wildman–Crippen MR) is 110 cm³/mol. The minimum atomic E-state index is -0.0409. The van der Waals surface area contributed by atoms with E-state index < -0.39 is 0 Å². The lowest BCUT2D eigenvalue weighted by atomic mass is 10.1. The molecule has 0 aromatic heterocycles. The van der Waals surface area contributed by atoms with Gasteiger partial charge in [0.25, 0.3) is 0 Å². The summed E-state index contributed by atoms with van der Waals surface area (Å²) >= 11 is 0. The normalized spacial score (nSPS) is 12.2. The van der Waals surface area contributed by atoms with Crippen LogP contribution in [0.5, 0.6) is 0 Å². The first-order chi connectivity index (χ1) is 12.3. The van der Waals surface area contributed by atoms with Crippen LogP contribution in [-0.4, -0.2) is 12.6 Å². The fraction of sp³-hybridized carbons (Fsp3) is 0.609. The zero-order chi connectivity index (χ0) is 18.4. The Balaban J connectivity index is 3.36. The van der Waals surface area contributed by atoms with E-state index in [1.54, 1.807) is 0 Å². The van der Waals surface area contributed by atoms with Crippen LogP contribution in [0.25, 0.3) is 0 Å². The molecule has 0 saturated carbocycles. The lowest BCUT2D eigenvalue weighted by molar-refractivity contribution is -0.143. The van der Waals surface area contributed by atoms with Gasteiger partial charge in [-0.25, -0.2) is 0 Å². The van der Waals surface area contributed by atoms with Gasteiger partial charge in [-0.2, -0.15) is 0 Å². The third kappa shape index (κ3) is 20.4. The minimum absolute atomic E-state index is 0.0409. The van der Waals surface area contributed by atoms with Crippen molar-refractivity contribution in [3.05, 3.63) is 48.6 Å². The molecule has 0 rings (SSSR count). The minimum Gasteiger partial charge on any atom is -0.466 e. The van der Waals surface area contributed by atoms with E-state index in [-0.39, 0.29) is 5.97 Å². The second kappa shape index (κ2) is 20.5. The average Bonchev–Trinajstić information content (AvgIpc) is 2.62. The van der Waals surface area contributed by atoms with Gasteiger partial charge in [-0.1, -0.05) is 75.3 Å². The Morgan fingerprint density at radius 3 is 1.88 bits per heavy atom. The van der Waals surface area contributed by atoms with Crippen molar-refractivity contribution in [1.29, 1.82) is 0 Å². The van der Waals surface area contributed by atoms with Crippen molar-refractivity contribution in [3.63, 3.8) is 0 Å². The summed E-state index contributed by atoms with van der Waals surface area (Å²) in [6, 6.07) is 0. The Kier molecular flexibility index (Phi) is 19.2. The second-order valence-corrected chi connectivity index (χ2v) is 6.17. The van der Waals surface area contributed by atoms with Gasteiger partial charge in [0.05, 0.1) is 6.61 Å². The SMILES string of the molecule is CCC=CCC=CCC=CCC=CCCCCCCC(=O)OCCC. The van der Waals surface area contributed by atoms with Crippen LogP contribution < -0.4 is 0 Å². The zero-order valence-electron chi connectivity index (χ0n) is 16.4. The van der Waals surface area contributed by atoms with Crippen LogP contribution in [0.1, 0.15) is 84.5 Å². The molecule has 0 amide bonds. The first-order valence-electron chi connectivity index (χ1n) is 10.1. The van der Waals surface area contributed by atoms with E-state index in [4.69, 9.17) is 4.74 Å². The second-order valence-electron chi connectivity index (χ2n) is 6.17. The highest BCUT2D eigenvalue weighted by Gasteiger charge is 2.00. The van der Waals surface area contributed by atoms with Crippen LogP contribution in [-0.2, 0) is 9.53 Å². The quantitative estimate of drug-likeness (QED) is 0.169. The molecule has 0 heterocycles. The largest absolute Gasteiger partial charge is 0.466 e. The molecule has 0 bridgehead atoms. The van der Waals surface area contributed by atoms with Gasteiger partial charge in [0, 0.05) is 6.42 Å². The molecule has 0 N–H and O–H groups in total. The Morgan fingerprint density at radius 2 is 1.28 bits per heavy atom. The van der Waals surface area contributed by atoms with E-state index in [2.05, 4.69) is 55.5 Å². The summed E-state index contributed by atoms with van der Waals surface area (Å²) < 4.78 is 5.06. The highest BCUT2D eigenvalue weighted by Crippen LogP contribution is 2.07. The number of hydrogen-bond donors (Lipinski definition) is 0. The third-order valence-corrected chi connectivity index (χ3v) is 3.69. The maximum Gasteiger partial charge on any atom is 0.305 e. The fourth-order valence-electron chi connectivity index (χ4n) is 2.27. The van der Waals surface area contributed by atoms with Gasteiger partial charge in [-0.05, 0) is 51.4 Å². The summed E-state index contributed by atoms with van der Waals surface area (Å²) in [5.41, 5.74) is 0. The van der Waals surface area contributed by atoms with E-state index in [9.17, 15) is 4.79 Å². The molecule has 2 nitrogen and oxygen atoms in total. The molecule has 0 fully saturated rings. The van der Waals surface area contributed by atoms with Crippen molar-refractivity contribution in [2.75, 3.05) is 6.61 Å². The number of carbonyl (C=O) groups is 1. The summed E-state index contributed by atoms with van der Waals surface area (Å²) in [4.78, 5) is 11.3. The molecule has 0 aliphatic carbocycles. The number of ether oxygens (including phenoxy) is 1. The predicted octanol–water partition coefficient (Wildman–Crippen LogP) is 7.09. The number of carbonyl (C=O) groups excluding carboxylic acids is 1. The molecule has 0 spiro atoms. The van der Waals surface area contributed by atoms with Crippen molar-refractivity contribution in [2.45, 2.75) is 84.5 Å². The van der Waals surface area contributed by atoms with Crippen molar-refractivity contribution in [3.8, 4) is 0 Å². The van der Waals surface area contributed by atoms with E-state index >= 15 is 0 Å². The van der Waals surface area contributed by atoms with Gasteiger partial charge >= 0.3 is 5.97 Å². The molecular weight excluding hydrogens is 308 g/mol. The molecule has 0 aromatic carbocycles. The lowest BCUT2D eigenvalue weighted by Crippen LogP contribution is -2.04. The average molecular weight is 347 g/mol. The van der Waals surface area contributed by atoms with E-state index in [0.717, 1.165) is 51.4 Å². The third-order valence-electron chi connectivity index (χ3n) is 3.69. The monoisotopic (exact) mass is 346 g/mol. The highest BCUT2D eigenvalue weighted by molar-refractivity contribution is 5.69. The van der Waals surface area contributed by atoms with Gasteiger partial charge < -0.3 is 4.74 Å². The van der Waals surface area contributed by atoms with E-state index in [0.29, 0.717) is 13.0 Å². The summed E-state index contributed by atoms with van der Waals surface area (Å²) in [6.07, 6.45) is 29.1. The van der Waals surface area contributed by atoms with Gasteiger partial charge in [-0.3, -0.25) is 4.79 Å². The molecule has 25 heavy (non-hydrogen) atoms. The molecule has 0 unspecified atom stereocenters. The lowest BCUT2D eigenvalue weighted by Gasteiger charge is -2.02. The summed E-state index contributed by atoms with van der Waals surface area (Å²) in [6.45, 7) is 4.73. The maximum atomic E-state index is 11.3. The first kappa shape index (κ1) is 23.4.